The Bertz CT molecular complexity index is 358. The second kappa shape index (κ2) is 5.79. The molecule has 5 heteroatoms. The van der Waals surface area contributed by atoms with Crippen LogP contribution in [0.15, 0.2) is 6.20 Å². The molecule has 4 nitrogen and oxygen atoms in total. The van der Waals surface area contributed by atoms with Crippen molar-refractivity contribution in [3.05, 3.63) is 6.20 Å². The quantitative estimate of drug-likeness (QED) is 0.634. The lowest BCUT2D eigenvalue weighted by molar-refractivity contribution is 0.137. The minimum Gasteiger partial charge on any atom is -0.412 e. The average Bonchev–Trinajstić information content (AvgIpc) is 2.53. The van der Waals surface area contributed by atoms with E-state index in [0.717, 1.165) is 0 Å². The van der Waals surface area contributed by atoms with Crippen LogP contribution >= 0.6 is 0 Å². The van der Waals surface area contributed by atoms with Gasteiger partial charge in [-0.15, -0.1) is 0 Å². The first-order valence-corrected chi connectivity index (χ1v) is 9.80. The molecule has 1 rings (SSSR count). The van der Waals surface area contributed by atoms with Gasteiger partial charge in [0, 0.05) is 12.5 Å². The van der Waals surface area contributed by atoms with Crippen molar-refractivity contribution in [2.24, 2.45) is 5.92 Å². The van der Waals surface area contributed by atoms with Crippen LogP contribution in [0, 0.1) is 5.92 Å². The van der Waals surface area contributed by atoms with E-state index in [2.05, 4.69) is 40.8 Å². The molecule has 0 aromatic heterocycles. The summed E-state index contributed by atoms with van der Waals surface area (Å²) >= 11 is 0. The third-order valence-corrected chi connectivity index (χ3v) is 9.17. The van der Waals surface area contributed by atoms with Crippen molar-refractivity contribution in [2.45, 2.75) is 58.0 Å². The van der Waals surface area contributed by atoms with Gasteiger partial charge in [0.1, 0.15) is 5.94 Å². The molecule has 0 radical (unpaired) electrons. The molecular weight excluding hydrogens is 258 g/mol. The summed E-state index contributed by atoms with van der Waals surface area (Å²) in [7, 11) is -1.83. The van der Waals surface area contributed by atoms with Crippen LogP contribution in [0.5, 0.6) is 0 Å². The third-order valence-electron chi connectivity index (χ3n) is 4.67. The van der Waals surface area contributed by atoms with Crippen LogP contribution in [-0.2, 0) is 9.22 Å². The Morgan fingerprint density at radius 1 is 1.47 bits per heavy atom. The first-order valence-electron chi connectivity index (χ1n) is 6.89. The van der Waals surface area contributed by atoms with Crippen molar-refractivity contribution in [2.75, 3.05) is 13.2 Å². The normalized spacial score (nSPS) is 28.4. The molecular formula is C14H27NO3Si. The molecule has 1 heterocycles. The lowest BCUT2D eigenvalue weighted by Crippen LogP contribution is -2.45. The molecule has 1 aliphatic rings. The average molecular weight is 285 g/mol. The highest BCUT2D eigenvalue weighted by Crippen LogP contribution is 2.39. The van der Waals surface area contributed by atoms with Crippen LogP contribution in [0.2, 0.25) is 18.1 Å². The van der Waals surface area contributed by atoms with Gasteiger partial charge in [-0.25, -0.2) is 4.79 Å². The molecule has 110 valence electrons. The minimum absolute atomic E-state index is 0.0384. The SMILES string of the molecule is C[C@@H]1[C@@H](CO)N(C=C=O)C[C@H]1O[Si](C)(C)C(C)(C)C. The van der Waals surface area contributed by atoms with Gasteiger partial charge in [-0.1, -0.05) is 27.7 Å². The van der Waals surface area contributed by atoms with Crippen molar-refractivity contribution in [1.29, 1.82) is 0 Å². The fraction of sp³-hybridized carbons (Fsp3) is 0.857. The molecule has 19 heavy (non-hydrogen) atoms. The van der Waals surface area contributed by atoms with Gasteiger partial charge in [-0.3, -0.25) is 0 Å². The largest absolute Gasteiger partial charge is 0.412 e. The molecule has 0 unspecified atom stereocenters. The third kappa shape index (κ3) is 3.48. The number of rotatable bonds is 4. The Balaban J connectivity index is 2.84. The van der Waals surface area contributed by atoms with Gasteiger partial charge in [0.25, 0.3) is 0 Å². The van der Waals surface area contributed by atoms with Gasteiger partial charge >= 0.3 is 0 Å². The van der Waals surface area contributed by atoms with E-state index in [9.17, 15) is 9.90 Å². The highest BCUT2D eigenvalue weighted by Gasteiger charge is 2.45. The molecule has 0 bridgehead atoms. The van der Waals surface area contributed by atoms with Gasteiger partial charge in [-0.05, 0) is 18.1 Å². The molecule has 0 spiro atoms. The number of hydrogen-bond acceptors (Lipinski definition) is 4. The molecule has 0 amide bonds. The highest BCUT2D eigenvalue weighted by atomic mass is 28.4. The zero-order chi connectivity index (χ0) is 14.8. The Kier molecular flexibility index (Phi) is 5.01. The smallest absolute Gasteiger partial charge is 0.192 e. The zero-order valence-corrected chi connectivity index (χ0v) is 13.9. The number of nitrogens with zero attached hydrogens (tertiary/aromatic N) is 1. The second-order valence-corrected chi connectivity index (χ2v) is 11.7. The van der Waals surface area contributed by atoms with E-state index in [4.69, 9.17) is 4.43 Å². The van der Waals surface area contributed by atoms with Crippen LogP contribution in [0.4, 0.5) is 0 Å². The molecule has 0 aromatic rings. The van der Waals surface area contributed by atoms with Gasteiger partial charge in [-0.2, -0.15) is 0 Å². The number of hydrogen-bond donors (Lipinski definition) is 1. The Morgan fingerprint density at radius 3 is 2.47 bits per heavy atom. The standard InChI is InChI=1S/C14H27NO3Si/c1-11-12(10-17)15(7-8-16)9-13(11)18-19(5,6)14(2,3)4/h7,11-13,17H,9-10H2,1-6H3/t11-,12-,13-/m1/s1. The summed E-state index contributed by atoms with van der Waals surface area (Å²) in [6.07, 6.45) is 1.47. The van der Waals surface area contributed by atoms with Crippen LogP contribution < -0.4 is 0 Å². The fourth-order valence-corrected chi connectivity index (χ4v) is 3.65. The van der Waals surface area contributed by atoms with Crippen molar-refractivity contribution in [1.82, 2.24) is 4.90 Å². The second-order valence-electron chi connectivity index (χ2n) is 6.97. The number of likely N-dealkylation sites (tertiary alicyclic amines) is 1. The highest BCUT2D eigenvalue weighted by molar-refractivity contribution is 6.74. The van der Waals surface area contributed by atoms with E-state index in [0.29, 0.717) is 6.54 Å². The van der Waals surface area contributed by atoms with Gasteiger partial charge in [0.2, 0.25) is 0 Å². The van der Waals surface area contributed by atoms with E-state index in [1.54, 1.807) is 5.94 Å². The maximum Gasteiger partial charge on any atom is 0.192 e. The molecule has 1 fully saturated rings. The number of aliphatic hydroxyl groups is 1. The van der Waals surface area contributed by atoms with Crippen molar-refractivity contribution >= 4 is 14.3 Å². The molecule has 3 atom stereocenters. The molecule has 0 saturated carbocycles. The van der Waals surface area contributed by atoms with Crippen LogP contribution in [0.3, 0.4) is 0 Å². The Morgan fingerprint density at radius 2 is 2.05 bits per heavy atom. The van der Waals surface area contributed by atoms with E-state index in [-0.39, 0.29) is 29.7 Å². The summed E-state index contributed by atoms with van der Waals surface area (Å²) in [5.74, 6) is 2.02. The van der Waals surface area contributed by atoms with E-state index >= 15 is 0 Å². The molecule has 0 aliphatic carbocycles. The van der Waals surface area contributed by atoms with Gasteiger partial charge in [0.15, 0.2) is 8.32 Å². The summed E-state index contributed by atoms with van der Waals surface area (Å²) in [6, 6.07) is -0.0452. The van der Waals surface area contributed by atoms with Crippen LogP contribution in [0.25, 0.3) is 0 Å². The summed E-state index contributed by atoms with van der Waals surface area (Å²) in [5, 5.41) is 9.64. The summed E-state index contributed by atoms with van der Waals surface area (Å²) in [5.41, 5.74) is 0. The predicted octanol–water partition coefficient (Wildman–Crippen LogP) is 2.03. The minimum atomic E-state index is -1.83. The molecule has 1 N–H and O–H groups in total. The summed E-state index contributed by atoms with van der Waals surface area (Å²) in [6.45, 7) is 13.9. The predicted molar refractivity (Wildman–Crippen MR) is 79.1 cm³/mol. The Hall–Kier alpha value is -0.613. The van der Waals surface area contributed by atoms with Crippen molar-refractivity contribution < 1.29 is 14.3 Å². The lowest BCUT2D eigenvalue weighted by atomic mass is 10.0. The van der Waals surface area contributed by atoms with E-state index < -0.39 is 8.32 Å². The molecule has 0 aromatic carbocycles. The van der Waals surface area contributed by atoms with E-state index in [1.807, 2.05) is 4.90 Å². The molecule has 1 saturated heterocycles. The topological polar surface area (TPSA) is 49.8 Å². The first kappa shape index (κ1) is 16.4. The lowest BCUT2D eigenvalue weighted by Gasteiger charge is -2.39. The zero-order valence-electron chi connectivity index (χ0n) is 12.9. The van der Waals surface area contributed by atoms with Crippen LogP contribution in [0.1, 0.15) is 27.7 Å². The van der Waals surface area contributed by atoms with Crippen molar-refractivity contribution in [3.8, 4) is 0 Å². The van der Waals surface area contributed by atoms with E-state index in [1.165, 1.54) is 6.20 Å². The van der Waals surface area contributed by atoms with Gasteiger partial charge in [0.05, 0.1) is 25.0 Å². The summed E-state index contributed by atoms with van der Waals surface area (Å²) in [4.78, 5) is 12.4. The maximum atomic E-state index is 10.5. The maximum absolute atomic E-state index is 10.5. The molecule has 1 aliphatic heterocycles. The summed E-state index contributed by atoms with van der Waals surface area (Å²) < 4.78 is 6.42. The van der Waals surface area contributed by atoms with Gasteiger partial charge < -0.3 is 14.4 Å². The fourth-order valence-electron chi connectivity index (χ4n) is 2.25. The van der Waals surface area contributed by atoms with Crippen LogP contribution in [-0.4, -0.2) is 49.6 Å². The first-order chi connectivity index (χ1) is 8.64. The number of carbonyl (C=O) groups excluding carboxylic acids is 1. The monoisotopic (exact) mass is 285 g/mol. The number of aliphatic hydroxyl groups excluding tert-OH is 1. The Labute approximate surface area is 117 Å². The van der Waals surface area contributed by atoms with Crippen molar-refractivity contribution in [3.63, 3.8) is 0 Å².